The molecule has 0 bridgehead atoms. The molecule has 3 rings (SSSR count). The summed E-state index contributed by atoms with van der Waals surface area (Å²) in [5, 5.41) is 3.44. The van der Waals surface area contributed by atoms with Crippen LogP contribution in [0.15, 0.2) is 29.6 Å². The molecule has 0 unspecified atom stereocenters. The summed E-state index contributed by atoms with van der Waals surface area (Å²) >= 11 is 1.78. The van der Waals surface area contributed by atoms with Crippen molar-refractivity contribution in [2.24, 2.45) is 0 Å². The average Bonchev–Trinajstić information content (AvgIpc) is 3.03. The van der Waals surface area contributed by atoms with Crippen LogP contribution < -0.4 is 0 Å². The van der Waals surface area contributed by atoms with E-state index in [-0.39, 0.29) is 5.91 Å². The minimum Gasteiger partial charge on any atom is -0.343 e. The number of piperidine rings is 1. The maximum atomic E-state index is 11.4. The van der Waals surface area contributed by atoms with Crippen molar-refractivity contribution in [3.63, 3.8) is 0 Å². The number of amides is 1. The van der Waals surface area contributed by atoms with Crippen LogP contribution in [-0.2, 0) is 17.6 Å². The third kappa shape index (κ3) is 3.74. The second-order valence-corrected chi connectivity index (χ2v) is 6.76. The molecule has 1 aromatic heterocycles. The van der Waals surface area contributed by atoms with E-state index in [1.54, 1.807) is 18.3 Å². The smallest absolute Gasteiger partial charge is 0.219 e. The first-order chi connectivity index (χ1) is 10.7. The molecule has 1 radical (unpaired) electrons. The quantitative estimate of drug-likeness (QED) is 0.866. The predicted octanol–water partition coefficient (Wildman–Crippen LogP) is 3.45. The molecule has 1 aliphatic heterocycles. The highest BCUT2D eigenvalue weighted by atomic mass is 32.1. The minimum absolute atomic E-state index is 0.193. The largest absolute Gasteiger partial charge is 0.343 e. The molecule has 0 N–H and O–H groups in total. The van der Waals surface area contributed by atoms with Gasteiger partial charge < -0.3 is 4.90 Å². The molecule has 1 saturated heterocycles. The highest BCUT2D eigenvalue weighted by molar-refractivity contribution is 7.09. The number of aromatic nitrogens is 1. The lowest BCUT2D eigenvalue weighted by atomic mass is 9.97. The standard InChI is InChI=1S/C18H21N2OS/c1-14(21)20-11-9-16(10-12-20)18-19-17(13-22-18)8-7-15-5-3-2-4-6-15/h2-3,5-6,13,16H,7-12H2,1H3. The zero-order chi connectivity index (χ0) is 15.4. The predicted molar refractivity (Wildman–Crippen MR) is 89.0 cm³/mol. The highest BCUT2D eigenvalue weighted by Gasteiger charge is 2.23. The van der Waals surface area contributed by atoms with Gasteiger partial charge in [0, 0.05) is 31.3 Å². The summed E-state index contributed by atoms with van der Waals surface area (Å²) in [5.41, 5.74) is 2.50. The van der Waals surface area contributed by atoms with Crippen molar-refractivity contribution < 1.29 is 4.79 Å². The van der Waals surface area contributed by atoms with Gasteiger partial charge in [0.15, 0.2) is 0 Å². The van der Waals surface area contributed by atoms with Crippen molar-refractivity contribution in [1.29, 1.82) is 0 Å². The van der Waals surface area contributed by atoms with Crippen molar-refractivity contribution in [3.8, 4) is 0 Å². The molecule has 0 atom stereocenters. The summed E-state index contributed by atoms with van der Waals surface area (Å²) in [5.74, 6) is 0.720. The van der Waals surface area contributed by atoms with Gasteiger partial charge >= 0.3 is 0 Å². The van der Waals surface area contributed by atoms with E-state index < -0.39 is 0 Å². The van der Waals surface area contributed by atoms with Gasteiger partial charge in [0.1, 0.15) is 0 Å². The summed E-state index contributed by atoms with van der Waals surface area (Å²) < 4.78 is 0. The van der Waals surface area contributed by atoms with Gasteiger partial charge in [-0.25, -0.2) is 4.98 Å². The number of nitrogens with zero attached hydrogens (tertiary/aromatic N) is 2. The van der Waals surface area contributed by atoms with Crippen LogP contribution >= 0.6 is 11.3 Å². The Labute approximate surface area is 136 Å². The Morgan fingerprint density at radius 1 is 1.41 bits per heavy atom. The van der Waals surface area contributed by atoms with Crippen molar-refractivity contribution in [2.45, 2.75) is 38.5 Å². The first-order valence-electron chi connectivity index (χ1n) is 7.87. The third-order valence-electron chi connectivity index (χ3n) is 4.30. The molecule has 0 aliphatic carbocycles. The van der Waals surface area contributed by atoms with Crippen LogP contribution in [0, 0.1) is 6.07 Å². The Kier molecular flexibility index (Phi) is 4.88. The van der Waals surface area contributed by atoms with Crippen LogP contribution in [0.25, 0.3) is 0 Å². The molecule has 1 aliphatic rings. The summed E-state index contributed by atoms with van der Waals surface area (Å²) in [4.78, 5) is 18.1. The second-order valence-electron chi connectivity index (χ2n) is 5.87. The van der Waals surface area contributed by atoms with Crippen LogP contribution in [-0.4, -0.2) is 28.9 Å². The topological polar surface area (TPSA) is 33.2 Å². The van der Waals surface area contributed by atoms with Gasteiger partial charge in [0.05, 0.1) is 10.7 Å². The van der Waals surface area contributed by atoms with Crippen molar-refractivity contribution in [2.75, 3.05) is 13.1 Å². The molecule has 1 aromatic carbocycles. The lowest BCUT2D eigenvalue weighted by Gasteiger charge is -2.30. The fourth-order valence-electron chi connectivity index (χ4n) is 2.92. The summed E-state index contributed by atoms with van der Waals surface area (Å²) in [7, 11) is 0. The molecule has 22 heavy (non-hydrogen) atoms. The van der Waals surface area contributed by atoms with Gasteiger partial charge in [0.25, 0.3) is 0 Å². The Morgan fingerprint density at radius 3 is 2.91 bits per heavy atom. The molecule has 1 fully saturated rings. The van der Waals surface area contributed by atoms with Gasteiger partial charge in [-0.3, -0.25) is 4.79 Å². The Balaban J connectivity index is 1.54. The Hall–Kier alpha value is -1.68. The molecule has 2 aromatic rings. The van der Waals surface area contributed by atoms with E-state index >= 15 is 0 Å². The van der Waals surface area contributed by atoms with E-state index in [1.165, 1.54) is 16.3 Å². The minimum atomic E-state index is 0.193. The lowest BCUT2D eigenvalue weighted by Crippen LogP contribution is -2.36. The summed E-state index contributed by atoms with van der Waals surface area (Å²) in [6.45, 7) is 3.40. The van der Waals surface area contributed by atoms with E-state index in [0.29, 0.717) is 5.92 Å². The highest BCUT2D eigenvalue weighted by Crippen LogP contribution is 2.30. The number of hydrogen-bond acceptors (Lipinski definition) is 3. The molecule has 1 amide bonds. The van der Waals surface area contributed by atoms with Crippen LogP contribution in [0.2, 0.25) is 0 Å². The van der Waals surface area contributed by atoms with E-state index in [2.05, 4.69) is 17.5 Å². The number of carbonyl (C=O) groups is 1. The lowest BCUT2D eigenvalue weighted by molar-refractivity contribution is -0.129. The molecule has 4 heteroatoms. The summed E-state index contributed by atoms with van der Waals surface area (Å²) in [6.07, 6.45) is 4.09. The molecular weight excluding hydrogens is 292 g/mol. The van der Waals surface area contributed by atoms with Crippen LogP contribution in [0.4, 0.5) is 0 Å². The Morgan fingerprint density at radius 2 is 2.23 bits per heavy atom. The number of hydrogen-bond donors (Lipinski definition) is 0. The maximum absolute atomic E-state index is 11.4. The van der Waals surface area contributed by atoms with E-state index in [9.17, 15) is 4.79 Å². The SMILES string of the molecule is CC(=O)N1CCC(c2nc(CCc3c[c]ccc3)cs2)CC1. The van der Waals surface area contributed by atoms with Gasteiger partial charge in [-0.15, -0.1) is 11.3 Å². The molecule has 3 nitrogen and oxygen atoms in total. The fraction of sp³-hybridized carbons (Fsp3) is 0.444. The normalized spacial score (nSPS) is 16.0. The van der Waals surface area contributed by atoms with Gasteiger partial charge in [0.2, 0.25) is 5.91 Å². The number of rotatable bonds is 4. The number of thiazole rings is 1. The molecular formula is C18H21N2OS. The van der Waals surface area contributed by atoms with E-state index in [4.69, 9.17) is 4.98 Å². The molecule has 0 saturated carbocycles. The zero-order valence-corrected chi connectivity index (χ0v) is 13.7. The number of benzene rings is 1. The van der Waals surface area contributed by atoms with Crippen LogP contribution in [0.1, 0.15) is 41.9 Å². The molecule has 115 valence electrons. The van der Waals surface area contributed by atoms with Crippen LogP contribution in [0.5, 0.6) is 0 Å². The number of carbonyl (C=O) groups excluding carboxylic acids is 1. The van der Waals surface area contributed by atoms with Gasteiger partial charge in [-0.2, -0.15) is 0 Å². The zero-order valence-electron chi connectivity index (χ0n) is 12.9. The summed E-state index contributed by atoms with van der Waals surface area (Å²) in [6, 6.07) is 11.3. The maximum Gasteiger partial charge on any atom is 0.219 e. The first-order valence-corrected chi connectivity index (χ1v) is 8.75. The van der Waals surface area contributed by atoms with Gasteiger partial charge in [-0.05, 0) is 37.3 Å². The third-order valence-corrected chi connectivity index (χ3v) is 5.36. The van der Waals surface area contributed by atoms with Crippen molar-refractivity contribution in [3.05, 3.63) is 52.0 Å². The Bertz CT molecular complexity index is 615. The fourth-order valence-corrected chi connectivity index (χ4v) is 3.95. The average molecular weight is 313 g/mol. The second kappa shape index (κ2) is 7.05. The number of likely N-dealkylation sites (tertiary alicyclic amines) is 1. The van der Waals surface area contributed by atoms with Crippen molar-refractivity contribution >= 4 is 17.2 Å². The molecule has 0 spiro atoms. The monoisotopic (exact) mass is 313 g/mol. The van der Waals surface area contributed by atoms with Crippen LogP contribution in [0.3, 0.4) is 0 Å². The number of aryl methyl sites for hydroxylation is 2. The first kappa shape index (κ1) is 15.2. The molecule has 2 heterocycles. The van der Waals surface area contributed by atoms with Crippen molar-refractivity contribution in [1.82, 2.24) is 9.88 Å². The van der Waals surface area contributed by atoms with E-state index in [0.717, 1.165) is 38.8 Å². The van der Waals surface area contributed by atoms with E-state index in [1.807, 2.05) is 23.1 Å². The van der Waals surface area contributed by atoms with Gasteiger partial charge in [-0.1, -0.05) is 24.3 Å².